The lowest BCUT2D eigenvalue weighted by molar-refractivity contribution is -0.115. The van der Waals surface area contributed by atoms with Crippen LogP contribution >= 0.6 is 23.2 Å². The summed E-state index contributed by atoms with van der Waals surface area (Å²) in [7, 11) is 0. The van der Waals surface area contributed by atoms with Crippen LogP contribution in [-0.2, 0) is 11.2 Å². The number of carbonyl (C=O) groups is 1. The molecule has 0 saturated heterocycles. The average Bonchev–Trinajstić information content (AvgIpc) is 2.62. The number of aromatic nitrogens is 1. The zero-order chi connectivity index (χ0) is 18.5. The Morgan fingerprint density at radius 3 is 2.50 bits per heavy atom. The van der Waals surface area contributed by atoms with Crippen molar-refractivity contribution in [3.05, 3.63) is 82.0 Å². The van der Waals surface area contributed by atoms with E-state index in [9.17, 15) is 4.79 Å². The summed E-state index contributed by atoms with van der Waals surface area (Å²) in [6.45, 7) is 2.02. The second-order valence-electron chi connectivity index (χ2n) is 5.89. The Balaban J connectivity index is 1.61. The van der Waals surface area contributed by atoms with Crippen molar-refractivity contribution < 1.29 is 4.79 Å². The van der Waals surface area contributed by atoms with Crippen molar-refractivity contribution in [3.63, 3.8) is 0 Å². The smallest absolute Gasteiger partial charge is 0.228 e. The van der Waals surface area contributed by atoms with E-state index in [0.29, 0.717) is 33.7 Å². The molecule has 0 aliphatic heterocycles. The van der Waals surface area contributed by atoms with Crippen molar-refractivity contribution in [1.82, 2.24) is 4.98 Å². The molecule has 0 radical (unpaired) electrons. The predicted molar refractivity (Wildman–Crippen MR) is 107 cm³/mol. The maximum absolute atomic E-state index is 12.1. The molecular formula is C20H17Cl2N3O. The molecule has 0 aliphatic carbocycles. The third kappa shape index (κ3) is 4.97. The number of aryl methyl sites for hydroxylation is 1. The van der Waals surface area contributed by atoms with Gasteiger partial charge in [-0.15, -0.1) is 0 Å². The summed E-state index contributed by atoms with van der Waals surface area (Å²) in [5.41, 5.74) is 3.43. The van der Waals surface area contributed by atoms with Gasteiger partial charge in [-0.1, -0.05) is 53.0 Å². The van der Waals surface area contributed by atoms with Gasteiger partial charge in [-0.2, -0.15) is 0 Å². The van der Waals surface area contributed by atoms with Gasteiger partial charge in [0.25, 0.3) is 0 Å². The molecule has 0 saturated carbocycles. The Morgan fingerprint density at radius 2 is 1.81 bits per heavy atom. The van der Waals surface area contributed by atoms with Gasteiger partial charge >= 0.3 is 0 Å². The molecule has 0 fully saturated rings. The first kappa shape index (κ1) is 18.2. The molecule has 4 nitrogen and oxygen atoms in total. The van der Waals surface area contributed by atoms with Crippen molar-refractivity contribution in [3.8, 4) is 0 Å². The maximum atomic E-state index is 12.1. The maximum Gasteiger partial charge on any atom is 0.228 e. The Hall–Kier alpha value is -2.56. The number of benzene rings is 2. The van der Waals surface area contributed by atoms with Crippen LogP contribution in [0.25, 0.3) is 0 Å². The fourth-order valence-corrected chi connectivity index (χ4v) is 2.71. The summed E-state index contributed by atoms with van der Waals surface area (Å²) < 4.78 is 0. The van der Waals surface area contributed by atoms with E-state index in [1.807, 2.05) is 31.2 Å². The van der Waals surface area contributed by atoms with Crippen molar-refractivity contribution >= 4 is 46.3 Å². The van der Waals surface area contributed by atoms with Gasteiger partial charge in [-0.05, 0) is 42.8 Å². The van der Waals surface area contributed by atoms with Crippen LogP contribution in [0.5, 0.6) is 0 Å². The van der Waals surface area contributed by atoms with Gasteiger partial charge in [-0.3, -0.25) is 4.79 Å². The highest BCUT2D eigenvalue weighted by Gasteiger charge is 2.06. The van der Waals surface area contributed by atoms with E-state index in [-0.39, 0.29) is 5.91 Å². The minimum Gasteiger partial charge on any atom is -0.339 e. The van der Waals surface area contributed by atoms with Crippen LogP contribution in [-0.4, -0.2) is 10.9 Å². The predicted octanol–water partition coefficient (Wildman–Crippen LogP) is 5.62. The van der Waals surface area contributed by atoms with Gasteiger partial charge < -0.3 is 10.6 Å². The van der Waals surface area contributed by atoms with Crippen LogP contribution < -0.4 is 10.6 Å². The molecule has 3 rings (SSSR count). The molecule has 132 valence electrons. The zero-order valence-corrected chi connectivity index (χ0v) is 15.6. The second kappa shape index (κ2) is 8.21. The zero-order valence-electron chi connectivity index (χ0n) is 14.1. The number of anilines is 3. The van der Waals surface area contributed by atoms with Crippen molar-refractivity contribution in [2.24, 2.45) is 0 Å². The van der Waals surface area contributed by atoms with Gasteiger partial charge in [0, 0.05) is 5.02 Å². The minimum atomic E-state index is -0.0887. The molecule has 26 heavy (non-hydrogen) atoms. The van der Waals surface area contributed by atoms with Crippen LogP contribution in [0.15, 0.2) is 60.8 Å². The molecule has 0 atom stereocenters. The minimum absolute atomic E-state index is 0.0887. The Kier molecular flexibility index (Phi) is 5.76. The molecule has 6 heteroatoms. The summed E-state index contributed by atoms with van der Waals surface area (Å²) in [4.78, 5) is 16.4. The van der Waals surface area contributed by atoms with Crippen LogP contribution in [0.2, 0.25) is 10.0 Å². The number of nitrogens with zero attached hydrogens (tertiary/aromatic N) is 1. The first-order valence-corrected chi connectivity index (χ1v) is 8.79. The summed E-state index contributed by atoms with van der Waals surface area (Å²) >= 11 is 12.1. The number of hydrogen-bond donors (Lipinski definition) is 2. The Bertz CT molecular complexity index is 909. The summed E-state index contributed by atoms with van der Waals surface area (Å²) in [5, 5.41) is 7.07. The monoisotopic (exact) mass is 385 g/mol. The lowest BCUT2D eigenvalue weighted by atomic mass is 10.1. The summed E-state index contributed by atoms with van der Waals surface area (Å²) in [6, 6.07) is 16.6. The van der Waals surface area contributed by atoms with Gasteiger partial charge in [0.05, 0.1) is 29.0 Å². The number of nitrogens with one attached hydrogen (secondary N) is 2. The van der Waals surface area contributed by atoms with Gasteiger partial charge in [-0.25, -0.2) is 4.98 Å². The SMILES string of the molecule is Cc1ccc(CC(=O)Nc2ccc(Nc3cc(Cl)ccc3Cl)nc2)cc1. The number of pyridine rings is 1. The number of amides is 1. The first-order valence-electron chi connectivity index (χ1n) is 8.03. The van der Waals surface area contributed by atoms with E-state index in [1.54, 1.807) is 36.5 Å². The second-order valence-corrected chi connectivity index (χ2v) is 6.74. The van der Waals surface area contributed by atoms with Gasteiger partial charge in [0.2, 0.25) is 5.91 Å². The standard InChI is InChI=1S/C20H17Cl2N3O/c1-13-2-4-14(5-3-13)10-20(26)24-16-7-9-19(23-12-16)25-18-11-15(21)6-8-17(18)22/h2-9,11-12H,10H2,1H3,(H,23,25)(H,24,26). The Labute approximate surface area is 162 Å². The van der Waals surface area contributed by atoms with Crippen LogP contribution in [0.1, 0.15) is 11.1 Å². The molecule has 0 unspecified atom stereocenters. The van der Waals surface area contributed by atoms with Crippen molar-refractivity contribution in [1.29, 1.82) is 0 Å². The third-order valence-corrected chi connectivity index (χ3v) is 4.29. The normalized spacial score (nSPS) is 10.4. The van der Waals surface area contributed by atoms with Crippen molar-refractivity contribution in [2.75, 3.05) is 10.6 Å². The van der Waals surface area contributed by atoms with Crippen LogP contribution in [0.3, 0.4) is 0 Å². The summed E-state index contributed by atoms with van der Waals surface area (Å²) in [5.74, 6) is 0.514. The molecule has 0 aliphatic rings. The molecule has 2 aromatic carbocycles. The lowest BCUT2D eigenvalue weighted by Crippen LogP contribution is -2.14. The topological polar surface area (TPSA) is 54.0 Å². The fourth-order valence-electron chi connectivity index (χ4n) is 2.37. The summed E-state index contributed by atoms with van der Waals surface area (Å²) in [6.07, 6.45) is 1.91. The van der Waals surface area contributed by atoms with Gasteiger partial charge in [0.15, 0.2) is 0 Å². The molecule has 2 N–H and O–H groups in total. The highest BCUT2D eigenvalue weighted by atomic mass is 35.5. The van der Waals surface area contributed by atoms with E-state index in [0.717, 1.165) is 5.56 Å². The molecule has 1 heterocycles. The quantitative estimate of drug-likeness (QED) is 0.598. The largest absolute Gasteiger partial charge is 0.339 e. The Morgan fingerprint density at radius 1 is 1.04 bits per heavy atom. The number of hydrogen-bond acceptors (Lipinski definition) is 3. The molecular weight excluding hydrogens is 369 g/mol. The lowest BCUT2D eigenvalue weighted by Gasteiger charge is -2.09. The number of halogens is 2. The third-order valence-electron chi connectivity index (χ3n) is 3.72. The molecule has 0 spiro atoms. The molecule has 1 aromatic heterocycles. The van der Waals surface area contributed by atoms with E-state index in [2.05, 4.69) is 15.6 Å². The molecule has 3 aromatic rings. The fraction of sp³-hybridized carbons (Fsp3) is 0.100. The highest BCUT2D eigenvalue weighted by Crippen LogP contribution is 2.28. The average molecular weight is 386 g/mol. The van der Waals surface area contributed by atoms with Crippen LogP contribution in [0, 0.1) is 6.92 Å². The van der Waals surface area contributed by atoms with E-state index >= 15 is 0 Å². The van der Waals surface area contributed by atoms with E-state index < -0.39 is 0 Å². The highest BCUT2D eigenvalue weighted by molar-refractivity contribution is 6.35. The van der Waals surface area contributed by atoms with E-state index in [4.69, 9.17) is 23.2 Å². The van der Waals surface area contributed by atoms with Crippen LogP contribution in [0.4, 0.5) is 17.2 Å². The number of rotatable bonds is 5. The first-order chi connectivity index (χ1) is 12.5. The van der Waals surface area contributed by atoms with E-state index in [1.165, 1.54) is 5.56 Å². The number of carbonyl (C=O) groups excluding carboxylic acids is 1. The van der Waals surface area contributed by atoms with Crippen molar-refractivity contribution in [2.45, 2.75) is 13.3 Å². The van der Waals surface area contributed by atoms with Gasteiger partial charge in [0.1, 0.15) is 5.82 Å². The molecule has 1 amide bonds. The molecule has 0 bridgehead atoms.